The van der Waals surface area contributed by atoms with Crippen LogP contribution in [0.3, 0.4) is 0 Å². The number of nitrogen functional groups attached to an aromatic ring is 1. The number of rotatable bonds is 3. The number of benzene rings is 2. The first-order valence-corrected chi connectivity index (χ1v) is 5.24. The maximum Gasteiger partial charge on any atom is 0.335 e. The normalized spacial score (nSPS) is 9.56. The molecule has 4 heteroatoms. The van der Waals surface area contributed by atoms with Gasteiger partial charge >= 0.3 is 5.97 Å². The van der Waals surface area contributed by atoms with Crippen LogP contribution < -0.4 is 5.73 Å². The van der Waals surface area contributed by atoms with Crippen LogP contribution >= 0.6 is 0 Å². The average Bonchev–Trinajstić information content (AvgIpc) is 2.32. The maximum atomic E-state index is 11.1. The van der Waals surface area contributed by atoms with Gasteiger partial charge in [-0.1, -0.05) is 23.9 Å². The van der Waals surface area contributed by atoms with Gasteiger partial charge in [0.15, 0.2) is 0 Å². The Morgan fingerprint density at radius 3 is 2.61 bits per heavy atom. The summed E-state index contributed by atoms with van der Waals surface area (Å²) in [7, 11) is 0. The van der Waals surface area contributed by atoms with Crippen LogP contribution in [0.25, 0.3) is 0 Å². The zero-order chi connectivity index (χ0) is 12.3. The number of carbonyl (C=O) groups is 1. The van der Waals surface area contributed by atoms with E-state index in [1.807, 2.05) is 12.1 Å². The minimum absolute atomic E-state index is 0. The maximum absolute atomic E-state index is 11.1. The van der Waals surface area contributed by atoms with Gasteiger partial charge in [-0.2, -0.15) is 24.3 Å². The van der Waals surface area contributed by atoms with E-state index in [-0.39, 0.29) is 32.7 Å². The molecule has 0 amide bonds. The van der Waals surface area contributed by atoms with E-state index >= 15 is 0 Å². The van der Waals surface area contributed by atoms with Gasteiger partial charge in [-0.25, -0.2) is 4.79 Å². The fourth-order valence-corrected chi connectivity index (χ4v) is 1.72. The van der Waals surface area contributed by atoms with E-state index in [0.717, 1.165) is 11.1 Å². The first-order chi connectivity index (χ1) is 8.18. The van der Waals surface area contributed by atoms with Gasteiger partial charge in [-0.05, 0) is 18.1 Å². The summed E-state index contributed by atoms with van der Waals surface area (Å²) in [5.74, 6) is -0.915. The predicted octanol–water partition coefficient (Wildman–Crippen LogP) is 2.36. The molecule has 0 aliphatic rings. The van der Waals surface area contributed by atoms with Crippen molar-refractivity contribution in [3.63, 3.8) is 0 Å². The molecule has 0 aliphatic heterocycles. The molecule has 0 spiro atoms. The Kier molecular flexibility index (Phi) is 5.51. The quantitative estimate of drug-likeness (QED) is 0.675. The van der Waals surface area contributed by atoms with E-state index in [4.69, 9.17) is 10.8 Å². The third kappa shape index (κ3) is 3.40. The Labute approximate surface area is 131 Å². The van der Waals surface area contributed by atoms with E-state index in [9.17, 15) is 4.79 Å². The molecule has 3 N–H and O–H groups in total. The molecule has 0 bridgehead atoms. The molecule has 0 fully saturated rings. The summed E-state index contributed by atoms with van der Waals surface area (Å²) in [6.45, 7) is 0. The minimum atomic E-state index is -0.915. The molecule has 0 aliphatic carbocycles. The van der Waals surface area contributed by atoms with E-state index in [2.05, 4.69) is 6.07 Å². The third-order valence-corrected chi connectivity index (χ3v) is 2.62. The molecule has 0 heterocycles. The number of nitrogens with two attached hydrogens (primary N) is 1. The van der Waals surface area contributed by atoms with Gasteiger partial charge in [-0.15, -0.1) is 5.56 Å². The number of aromatic carboxylic acids is 1. The Hall–Kier alpha value is -1.19. The molecule has 0 aromatic heterocycles. The monoisotopic (exact) mass is 315 g/mol. The van der Waals surface area contributed by atoms with E-state index < -0.39 is 5.97 Å². The van der Waals surface area contributed by atoms with Crippen LogP contribution in [0, 0.1) is 6.07 Å². The summed E-state index contributed by atoms with van der Waals surface area (Å²) in [5, 5.41) is 9.08. The molecule has 2 aromatic rings. The van der Waals surface area contributed by atoms with Gasteiger partial charge in [0.25, 0.3) is 0 Å². The van der Waals surface area contributed by atoms with Gasteiger partial charge in [0.05, 0.1) is 5.56 Å². The number of anilines is 1. The summed E-state index contributed by atoms with van der Waals surface area (Å²) in [6.07, 6.45) is 0.517. The molecular weight excluding hydrogens is 303 g/mol. The second-order valence-corrected chi connectivity index (χ2v) is 3.76. The average molecular weight is 315 g/mol. The van der Waals surface area contributed by atoms with Crippen molar-refractivity contribution < 1.29 is 42.6 Å². The van der Waals surface area contributed by atoms with Crippen LogP contribution in [0.4, 0.5) is 5.69 Å². The Morgan fingerprint density at radius 1 is 1.22 bits per heavy atom. The van der Waals surface area contributed by atoms with Crippen molar-refractivity contribution >= 4 is 11.7 Å². The van der Waals surface area contributed by atoms with Crippen molar-refractivity contribution in [1.82, 2.24) is 0 Å². The predicted molar refractivity (Wildman–Crippen MR) is 65.9 cm³/mol. The van der Waals surface area contributed by atoms with Crippen LogP contribution in [0.1, 0.15) is 21.5 Å². The zero-order valence-electron chi connectivity index (χ0n) is 9.76. The Morgan fingerprint density at radius 2 is 1.94 bits per heavy atom. The fourth-order valence-electron chi connectivity index (χ4n) is 1.72. The Balaban J connectivity index is 0.00000162. The molecule has 2 aromatic carbocycles. The van der Waals surface area contributed by atoms with Gasteiger partial charge in [0, 0.05) is 32.7 Å². The van der Waals surface area contributed by atoms with Crippen molar-refractivity contribution in [3.05, 3.63) is 65.2 Å². The van der Waals surface area contributed by atoms with Gasteiger partial charge in [0.1, 0.15) is 0 Å². The van der Waals surface area contributed by atoms with E-state index in [1.54, 1.807) is 30.3 Å². The molecule has 3 nitrogen and oxygen atoms in total. The zero-order valence-corrected chi connectivity index (χ0v) is 12.6. The number of carboxylic acid groups (broad SMARTS) is 1. The molecule has 0 unspecified atom stereocenters. The second kappa shape index (κ2) is 6.67. The second-order valence-electron chi connectivity index (χ2n) is 3.76. The first kappa shape index (κ1) is 14.9. The standard InChI is InChI=1S/C14H12NO2.Y/c15-13-8-4-2-6-11(13)9-10-5-1-3-7-12(10)14(16)17;/h1-3,5-8H,9,15H2,(H,16,17);/q-1;. The van der Waals surface area contributed by atoms with Crippen LogP contribution in [-0.4, -0.2) is 11.1 Å². The molecule has 89 valence electrons. The van der Waals surface area contributed by atoms with Crippen LogP contribution in [0.15, 0.2) is 42.5 Å². The minimum Gasteiger partial charge on any atom is -0.478 e. The Bertz CT molecular complexity index is 555. The SMILES string of the molecule is Nc1c[c-]ccc1Cc1ccccc1C(=O)O.[Y]. The van der Waals surface area contributed by atoms with E-state index in [1.165, 1.54) is 0 Å². The summed E-state index contributed by atoms with van der Waals surface area (Å²) >= 11 is 0. The van der Waals surface area contributed by atoms with Crippen LogP contribution in [-0.2, 0) is 39.1 Å². The van der Waals surface area contributed by atoms with Gasteiger partial charge in [0.2, 0.25) is 0 Å². The number of hydrogen-bond acceptors (Lipinski definition) is 2. The third-order valence-electron chi connectivity index (χ3n) is 2.62. The van der Waals surface area contributed by atoms with Crippen molar-refractivity contribution in [1.29, 1.82) is 0 Å². The summed E-state index contributed by atoms with van der Waals surface area (Å²) in [5.41, 5.74) is 8.44. The fraction of sp³-hybridized carbons (Fsp3) is 0.0714. The smallest absolute Gasteiger partial charge is 0.335 e. The summed E-state index contributed by atoms with van der Waals surface area (Å²) in [4.78, 5) is 11.1. The summed E-state index contributed by atoms with van der Waals surface area (Å²) < 4.78 is 0. The first-order valence-electron chi connectivity index (χ1n) is 5.24. The largest absolute Gasteiger partial charge is 0.478 e. The number of hydrogen-bond donors (Lipinski definition) is 2. The molecule has 0 atom stereocenters. The molecular formula is C14H12NO2Y-. The summed E-state index contributed by atoms with van der Waals surface area (Å²) in [6, 6.07) is 15.2. The van der Waals surface area contributed by atoms with Crippen molar-refractivity contribution in [2.75, 3.05) is 5.73 Å². The molecule has 0 saturated heterocycles. The molecule has 2 rings (SSSR count). The van der Waals surface area contributed by atoms with Gasteiger partial charge in [-0.3, -0.25) is 0 Å². The molecule has 1 radical (unpaired) electrons. The molecule has 0 saturated carbocycles. The van der Waals surface area contributed by atoms with E-state index in [0.29, 0.717) is 17.7 Å². The molecule has 18 heavy (non-hydrogen) atoms. The van der Waals surface area contributed by atoms with Crippen molar-refractivity contribution in [3.8, 4) is 0 Å². The van der Waals surface area contributed by atoms with Crippen LogP contribution in [0.5, 0.6) is 0 Å². The van der Waals surface area contributed by atoms with Crippen LogP contribution in [0.2, 0.25) is 0 Å². The van der Waals surface area contributed by atoms with Crippen molar-refractivity contribution in [2.24, 2.45) is 0 Å². The topological polar surface area (TPSA) is 63.3 Å². The number of carboxylic acids is 1. The van der Waals surface area contributed by atoms with Gasteiger partial charge < -0.3 is 10.8 Å². The van der Waals surface area contributed by atoms with Crippen molar-refractivity contribution in [2.45, 2.75) is 6.42 Å².